The zero-order chi connectivity index (χ0) is 21.0. The first-order chi connectivity index (χ1) is 13.9. The minimum atomic E-state index is -0.896. The Morgan fingerprint density at radius 1 is 1.10 bits per heavy atom. The Morgan fingerprint density at radius 3 is 2.52 bits per heavy atom. The van der Waals surface area contributed by atoms with E-state index in [-0.39, 0.29) is 11.8 Å². The average Bonchev–Trinajstić information content (AvgIpc) is 2.72. The number of carbonyl (C=O) groups excluding carboxylic acids is 2. The molecule has 0 saturated heterocycles. The first-order valence-corrected chi connectivity index (χ1v) is 10.4. The van der Waals surface area contributed by atoms with Gasteiger partial charge in [-0.2, -0.15) is 0 Å². The van der Waals surface area contributed by atoms with Gasteiger partial charge in [0.15, 0.2) is 0 Å². The monoisotopic (exact) mass is 394 g/mol. The number of aryl methyl sites for hydroxylation is 1. The van der Waals surface area contributed by atoms with Gasteiger partial charge in [-0.05, 0) is 38.5 Å². The zero-order valence-electron chi connectivity index (χ0n) is 17.4. The summed E-state index contributed by atoms with van der Waals surface area (Å²) in [7, 11) is 0. The normalized spacial score (nSPS) is 20.8. The van der Waals surface area contributed by atoms with Gasteiger partial charge in [0.2, 0.25) is 5.91 Å². The van der Waals surface area contributed by atoms with Gasteiger partial charge in [-0.15, -0.1) is 0 Å². The number of nitrogens with one attached hydrogen (secondary N) is 1. The molecule has 1 aliphatic rings. The lowest BCUT2D eigenvalue weighted by molar-refractivity contribution is -0.123. The van der Waals surface area contributed by atoms with Crippen LogP contribution in [-0.2, 0) is 4.79 Å². The number of benzene rings is 2. The predicted octanol–water partition coefficient (Wildman–Crippen LogP) is 4.14. The number of fused-ring (bicyclic) bond motifs is 1. The summed E-state index contributed by atoms with van der Waals surface area (Å²) in [6.45, 7) is 5.89. The van der Waals surface area contributed by atoms with Crippen LogP contribution in [0.2, 0.25) is 0 Å². The lowest BCUT2D eigenvalue weighted by Crippen LogP contribution is -2.55. The predicted molar refractivity (Wildman–Crippen MR) is 115 cm³/mol. The Morgan fingerprint density at radius 2 is 1.83 bits per heavy atom. The van der Waals surface area contributed by atoms with Crippen molar-refractivity contribution in [2.24, 2.45) is 0 Å². The van der Waals surface area contributed by atoms with Gasteiger partial charge >= 0.3 is 0 Å². The molecule has 2 aromatic carbocycles. The third kappa shape index (κ3) is 4.51. The van der Waals surface area contributed by atoms with E-state index in [4.69, 9.17) is 0 Å². The molecular weight excluding hydrogens is 364 g/mol. The van der Waals surface area contributed by atoms with Crippen molar-refractivity contribution in [3.63, 3.8) is 0 Å². The van der Waals surface area contributed by atoms with E-state index in [2.05, 4.69) is 12.2 Å². The SMILES string of the molecule is CCCCCC(=O)N[C@@H]1c2cc(C)ccc2N(C(=O)c2ccccc2)[C@H](C)[C@H]1O. The summed E-state index contributed by atoms with van der Waals surface area (Å²) in [6.07, 6.45) is 2.44. The van der Waals surface area contributed by atoms with Crippen LogP contribution in [0.5, 0.6) is 0 Å². The molecule has 0 fully saturated rings. The summed E-state index contributed by atoms with van der Waals surface area (Å²) in [5, 5.41) is 14.1. The van der Waals surface area contributed by atoms with Crippen molar-refractivity contribution in [2.45, 2.75) is 64.6 Å². The van der Waals surface area contributed by atoms with E-state index in [0.29, 0.717) is 12.0 Å². The molecule has 0 unspecified atom stereocenters. The van der Waals surface area contributed by atoms with Gasteiger partial charge in [0.25, 0.3) is 5.91 Å². The minimum Gasteiger partial charge on any atom is -0.388 e. The molecule has 5 nitrogen and oxygen atoms in total. The van der Waals surface area contributed by atoms with Crippen LogP contribution < -0.4 is 10.2 Å². The Bertz CT molecular complexity index is 866. The van der Waals surface area contributed by atoms with Gasteiger partial charge in [0.1, 0.15) is 0 Å². The number of rotatable bonds is 6. The molecule has 5 heteroatoms. The molecule has 2 amide bonds. The molecule has 0 bridgehead atoms. The first-order valence-electron chi connectivity index (χ1n) is 10.4. The van der Waals surface area contributed by atoms with E-state index in [1.807, 2.05) is 50.2 Å². The Kier molecular flexibility index (Phi) is 6.70. The third-order valence-corrected chi connectivity index (χ3v) is 5.58. The summed E-state index contributed by atoms with van der Waals surface area (Å²) in [5.41, 5.74) is 3.10. The van der Waals surface area contributed by atoms with Crippen molar-refractivity contribution in [2.75, 3.05) is 4.90 Å². The standard InChI is InChI=1S/C24H30N2O3/c1-4-5-7-12-21(27)25-22-19-15-16(2)13-14-20(19)26(17(3)23(22)28)24(29)18-10-8-6-9-11-18/h6,8-11,13-15,17,22-23,28H,4-5,7,12H2,1-3H3,(H,25,27)/t17-,22-,23-/m1/s1. The van der Waals surface area contributed by atoms with Gasteiger partial charge < -0.3 is 15.3 Å². The molecule has 154 valence electrons. The van der Waals surface area contributed by atoms with Crippen molar-refractivity contribution in [1.29, 1.82) is 0 Å². The molecule has 3 atom stereocenters. The highest BCUT2D eigenvalue weighted by Gasteiger charge is 2.41. The van der Waals surface area contributed by atoms with Gasteiger partial charge in [-0.3, -0.25) is 9.59 Å². The molecular formula is C24H30N2O3. The van der Waals surface area contributed by atoms with Crippen molar-refractivity contribution >= 4 is 17.5 Å². The molecule has 0 spiro atoms. The van der Waals surface area contributed by atoms with Crippen LogP contribution in [0.25, 0.3) is 0 Å². The highest BCUT2D eigenvalue weighted by molar-refractivity contribution is 6.07. The van der Waals surface area contributed by atoms with E-state index in [1.54, 1.807) is 17.0 Å². The quantitative estimate of drug-likeness (QED) is 0.724. The summed E-state index contributed by atoms with van der Waals surface area (Å²) < 4.78 is 0. The average molecular weight is 395 g/mol. The molecule has 2 aromatic rings. The number of hydrogen-bond acceptors (Lipinski definition) is 3. The van der Waals surface area contributed by atoms with E-state index in [1.165, 1.54) is 0 Å². The zero-order valence-corrected chi connectivity index (χ0v) is 17.4. The van der Waals surface area contributed by atoms with Crippen LogP contribution in [0, 0.1) is 6.92 Å². The van der Waals surface area contributed by atoms with Crippen molar-refractivity contribution in [3.8, 4) is 0 Å². The molecule has 2 N–H and O–H groups in total. The van der Waals surface area contributed by atoms with E-state index >= 15 is 0 Å². The number of amides is 2. The number of anilines is 1. The van der Waals surface area contributed by atoms with Gasteiger partial charge in [-0.1, -0.05) is 55.7 Å². The molecule has 0 saturated carbocycles. The Balaban J connectivity index is 1.94. The topological polar surface area (TPSA) is 69.6 Å². The minimum absolute atomic E-state index is 0.0648. The van der Waals surface area contributed by atoms with Crippen LogP contribution in [0.4, 0.5) is 5.69 Å². The molecule has 29 heavy (non-hydrogen) atoms. The maximum Gasteiger partial charge on any atom is 0.258 e. The number of nitrogens with zero attached hydrogens (tertiary/aromatic N) is 1. The second-order valence-electron chi connectivity index (χ2n) is 7.84. The fraction of sp³-hybridized carbons (Fsp3) is 0.417. The van der Waals surface area contributed by atoms with Crippen LogP contribution in [0.15, 0.2) is 48.5 Å². The molecule has 1 heterocycles. The fourth-order valence-electron chi connectivity index (χ4n) is 3.94. The molecule has 0 aromatic heterocycles. The fourth-order valence-corrected chi connectivity index (χ4v) is 3.94. The second kappa shape index (κ2) is 9.23. The van der Waals surface area contributed by atoms with E-state index < -0.39 is 18.2 Å². The maximum atomic E-state index is 13.2. The number of aliphatic hydroxyl groups is 1. The molecule has 0 aliphatic carbocycles. The lowest BCUT2D eigenvalue weighted by Gasteiger charge is -2.43. The third-order valence-electron chi connectivity index (χ3n) is 5.58. The summed E-state index contributed by atoms with van der Waals surface area (Å²) in [5.74, 6) is -0.222. The molecule has 0 radical (unpaired) electrons. The molecule has 1 aliphatic heterocycles. The summed E-state index contributed by atoms with van der Waals surface area (Å²) in [4.78, 5) is 27.3. The van der Waals surface area contributed by atoms with E-state index in [0.717, 1.165) is 36.1 Å². The van der Waals surface area contributed by atoms with Crippen LogP contribution in [-0.4, -0.2) is 29.1 Å². The maximum absolute atomic E-state index is 13.2. The lowest BCUT2D eigenvalue weighted by atomic mass is 9.87. The van der Waals surface area contributed by atoms with E-state index in [9.17, 15) is 14.7 Å². The smallest absolute Gasteiger partial charge is 0.258 e. The van der Waals surface area contributed by atoms with Crippen LogP contribution in [0.3, 0.4) is 0 Å². The van der Waals surface area contributed by atoms with Crippen molar-refractivity contribution in [1.82, 2.24) is 5.32 Å². The Labute approximate surface area is 172 Å². The summed E-state index contributed by atoms with van der Waals surface area (Å²) >= 11 is 0. The number of aliphatic hydroxyl groups excluding tert-OH is 1. The van der Waals surface area contributed by atoms with Crippen molar-refractivity contribution < 1.29 is 14.7 Å². The van der Waals surface area contributed by atoms with Gasteiger partial charge in [0.05, 0.1) is 18.2 Å². The highest BCUT2D eigenvalue weighted by Crippen LogP contribution is 2.39. The first kappa shape index (κ1) is 21.1. The molecule has 3 rings (SSSR count). The highest BCUT2D eigenvalue weighted by atomic mass is 16.3. The van der Waals surface area contributed by atoms with Crippen LogP contribution in [0.1, 0.15) is 67.1 Å². The van der Waals surface area contributed by atoms with Gasteiger partial charge in [-0.25, -0.2) is 0 Å². The summed E-state index contributed by atoms with van der Waals surface area (Å²) in [6, 6.07) is 13.9. The van der Waals surface area contributed by atoms with Crippen LogP contribution >= 0.6 is 0 Å². The number of unbranched alkanes of at least 4 members (excludes halogenated alkanes) is 2. The van der Waals surface area contributed by atoms with Crippen molar-refractivity contribution in [3.05, 3.63) is 65.2 Å². The Hall–Kier alpha value is -2.66. The number of hydrogen-bond donors (Lipinski definition) is 2. The van der Waals surface area contributed by atoms with Gasteiger partial charge in [0, 0.05) is 23.2 Å². The number of carbonyl (C=O) groups is 2. The largest absolute Gasteiger partial charge is 0.388 e. The second-order valence-corrected chi connectivity index (χ2v) is 7.84.